The number of rotatable bonds is 5. The Morgan fingerprint density at radius 1 is 1.05 bits per heavy atom. The molecule has 106 valence electrons. The van der Waals surface area contributed by atoms with E-state index < -0.39 is 0 Å². The van der Waals surface area contributed by atoms with Gasteiger partial charge in [-0.15, -0.1) is 0 Å². The average molecular weight is 312 g/mol. The number of ether oxygens (including phenoxy) is 1. The van der Waals surface area contributed by atoms with Gasteiger partial charge in [-0.05, 0) is 49.7 Å². The van der Waals surface area contributed by atoms with E-state index in [-0.39, 0.29) is 11.3 Å². The van der Waals surface area contributed by atoms with Gasteiger partial charge in [0.15, 0.2) is 5.16 Å². The lowest BCUT2D eigenvalue weighted by atomic mass is 10.4. The van der Waals surface area contributed by atoms with E-state index in [0.717, 1.165) is 17.8 Å². The standard InChI is InChI=1S/C12H14ClN5OS/c1-4-5-19-10-16-9(13)17-12(18-10)20-11-14-7(2)6-8(3)15-11/h6H,4-5H2,1-3H3. The lowest BCUT2D eigenvalue weighted by molar-refractivity contribution is 0.288. The lowest BCUT2D eigenvalue weighted by Gasteiger charge is -2.05. The Balaban J connectivity index is 2.21. The summed E-state index contributed by atoms with van der Waals surface area (Å²) in [5, 5.41) is 1.09. The highest BCUT2D eigenvalue weighted by Gasteiger charge is 2.10. The van der Waals surface area contributed by atoms with Crippen molar-refractivity contribution < 1.29 is 4.74 Å². The molecule has 2 rings (SSSR count). The van der Waals surface area contributed by atoms with Crippen LogP contribution in [0.4, 0.5) is 0 Å². The van der Waals surface area contributed by atoms with Crippen LogP contribution in [0.15, 0.2) is 16.4 Å². The van der Waals surface area contributed by atoms with Gasteiger partial charge >= 0.3 is 6.01 Å². The van der Waals surface area contributed by atoms with E-state index in [1.165, 1.54) is 11.8 Å². The molecule has 0 saturated carbocycles. The minimum absolute atomic E-state index is 0.0954. The molecule has 0 aromatic carbocycles. The maximum atomic E-state index is 5.86. The molecule has 6 nitrogen and oxygen atoms in total. The third kappa shape index (κ3) is 4.28. The Kier molecular flexibility index (Phi) is 5.08. The summed E-state index contributed by atoms with van der Waals surface area (Å²) < 4.78 is 5.36. The normalized spacial score (nSPS) is 10.6. The Bertz CT molecular complexity index is 590. The molecule has 2 aromatic rings. The zero-order valence-electron chi connectivity index (χ0n) is 11.4. The molecule has 0 bridgehead atoms. The first-order chi connectivity index (χ1) is 9.56. The summed E-state index contributed by atoms with van der Waals surface area (Å²) in [4.78, 5) is 20.8. The van der Waals surface area contributed by atoms with Crippen LogP contribution in [-0.4, -0.2) is 31.5 Å². The van der Waals surface area contributed by atoms with E-state index in [2.05, 4.69) is 24.9 Å². The molecule has 0 atom stereocenters. The summed E-state index contributed by atoms with van der Waals surface area (Å²) in [6.07, 6.45) is 0.867. The number of hydrogen-bond donors (Lipinski definition) is 0. The fourth-order valence-corrected chi connectivity index (χ4v) is 2.44. The molecule has 8 heteroatoms. The molecule has 0 saturated heterocycles. The van der Waals surface area contributed by atoms with E-state index in [0.29, 0.717) is 16.9 Å². The third-order valence-corrected chi connectivity index (χ3v) is 3.05. The van der Waals surface area contributed by atoms with Crippen LogP contribution in [0.25, 0.3) is 0 Å². The van der Waals surface area contributed by atoms with Gasteiger partial charge in [-0.2, -0.15) is 15.0 Å². The van der Waals surface area contributed by atoms with Gasteiger partial charge in [0.1, 0.15) is 0 Å². The van der Waals surface area contributed by atoms with Gasteiger partial charge < -0.3 is 4.74 Å². The van der Waals surface area contributed by atoms with Gasteiger partial charge in [-0.3, -0.25) is 0 Å². The lowest BCUT2D eigenvalue weighted by Crippen LogP contribution is -2.03. The molecule has 0 spiro atoms. The summed E-state index contributed by atoms with van der Waals surface area (Å²) in [5.41, 5.74) is 1.78. The first-order valence-electron chi connectivity index (χ1n) is 6.11. The van der Waals surface area contributed by atoms with Crippen molar-refractivity contribution in [1.82, 2.24) is 24.9 Å². The maximum Gasteiger partial charge on any atom is 0.321 e. The van der Waals surface area contributed by atoms with Crippen LogP contribution in [-0.2, 0) is 0 Å². The van der Waals surface area contributed by atoms with E-state index >= 15 is 0 Å². The Morgan fingerprint density at radius 2 is 1.70 bits per heavy atom. The molecule has 0 unspecified atom stereocenters. The van der Waals surface area contributed by atoms with Crippen LogP contribution in [0.1, 0.15) is 24.7 Å². The zero-order valence-corrected chi connectivity index (χ0v) is 13.0. The van der Waals surface area contributed by atoms with Gasteiger partial charge in [-0.1, -0.05) is 6.92 Å². The molecule has 20 heavy (non-hydrogen) atoms. The van der Waals surface area contributed by atoms with E-state index in [1.54, 1.807) is 0 Å². The van der Waals surface area contributed by atoms with Crippen molar-refractivity contribution in [2.45, 2.75) is 37.5 Å². The Morgan fingerprint density at radius 3 is 2.35 bits per heavy atom. The molecule has 2 aromatic heterocycles. The van der Waals surface area contributed by atoms with Crippen LogP contribution in [0.3, 0.4) is 0 Å². The molecule has 0 aliphatic rings. The van der Waals surface area contributed by atoms with Gasteiger partial charge in [0.2, 0.25) is 10.4 Å². The first-order valence-corrected chi connectivity index (χ1v) is 7.31. The summed E-state index contributed by atoms with van der Waals surface area (Å²) in [6, 6.07) is 2.12. The molecule has 0 N–H and O–H groups in total. The van der Waals surface area contributed by atoms with Crippen molar-refractivity contribution in [3.05, 3.63) is 22.7 Å². The van der Waals surface area contributed by atoms with E-state index in [4.69, 9.17) is 16.3 Å². The first kappa shape index (κ1) is 14.9. The molecule has 0 aliphatic carbocycles. The quantitative estimate of drug-likeness (QED) is 0.786. The Hall–Kier alpha value is -1.47. The summed E-state index contributed by atoms with van der Waals surface area (Å²) in [7, 11) is 0. The van der Waals surface area contributed by atoms with Gasteiger partial charge in [0.25, 0.3) is 0 Å². The highest BCUT2D eigenvalue weighted by atomic mass is 35.5. The Labute approximate surface area is 126 Å². The number of aryl methyl sites for hydroxylation is 2. The SMILES string of the molecule is CCCOc1nc(Cl)nc(Sc2nc(C)cc(C)n2)n1. The van der Waals surface area contributed by atoms with E-state index in [1.807, 2.05) is 26.8 Å². The van der Waals surface area contributed by atoms with Crippen molar-refractivity contribution in [1.29, 1.82) is 0 Å². The summed E-state index contributed by atoms with van der Waals surface area (Å²) >= 11 is 7.09. The second-order valence-electron chi connectivity index (χ2n) is 4.05. The van der Waals surface area contributed by atoms with Gasteiger partial charge in [0.05, 0.1) is 6.61 Å². The highest BCUT2D eigenvalue weighted by molar-refractivity contribution is 7.99. The maximum absolute atomic E-state index is 5.86. The smallest absolute Gasteiger partial charge is 0.321 e. The van der Waals surface area contributed by atoms with Crippen LogP contribution in [0.5, 0.6) is 6.01 Å². The van der Waals surface area contributed by atoms with Crippen LogP contribution < -0.4 is 4.74 Å². The van der Waals surface area contributed by atoms with Crippen molar-refractivity contribution in [2.75, 3.05) is 6.61 Å². The van der Waals surface area contributed by atoms with E-state index in [9.17, 15) is 0 Å². The molecule has 0 fully saturated rings. The summed E-state index contributed by atoms with van der Waals surface area (Å²) in [6.45, 7) is 6.36. The third-order valence-electron chi connectivity index (χ3n) is 2.15. The summed E-state index contributed by atoms with van der Waals surface area (Å²) in [5.74, 6) is 0. The second kappa shape index (κ2) is 6.81. The fourth-order valence-electron chi connectivity index (χ4n) is 1.44. The number of nitrogens with zero attached hydrogens (tertiary/aromatic N) is 5. The molecular formula is C12H14ClN5OS. The van der Waals surface area contributed by atoms with Crippen molar-refractivity contribution in [3.63, 3.8) is 0 Å². The monoisotopic (exact) mass is 311 g/mol. The molecule has 0 aliphatic heterocycles. The topological polar surface area (TPSA) is 73.7 Å². The molecule has 2 heterocycles. The van der Waals surface area contributed by atoms with Crippen LogP contribution in [0.2, 0.25) is 5.28 Å². The number of hydrogen-bond acceptors (Lipinski definition) is 7. The van der Waals surface area contributed by atoms with Crippen molar-refractivity contribution in [3.8, 4) is 6.01 Å². The second-order valence-corrected chi connectivity index (χ2v) is 5.33. The number of halogens is 1. The molecular weight excluding hydrogens is 298 g/mol. The van der Waals surface area contributed by atoms with Gasteiger partial charge in [0, 0.05) is 11.4 Å². The predicted octanol–water partition coefficient (Wildman–Crippen LogP) is 2.87. The van der Waals surface area contributed by atoms with Crippen molar-refractivity contribution >= 4 is 23.4 Å². The van der Waals surface area contributed by atoms with Gasteiger partial charge in [-0.25, -0.2) is 9.97 Å². The molecule has 0 radical (unpaired) electrons. The van der Waals surface area contributed by atoms with Crippen LogP contribution in [0, 0.1) is 13.8 Å². The highest BCUT2D eigenvalue weighted by Crippen LogP contribution is 2.23. The number of aromatic nitrogens is 5. The fraction of sp³-hybridized carbons (Fsp3) is 0.417. The predicted molar refractivity (Wildman–Crippen MR) is 76.3 cm³/mol. The van der Waals surface area contributed by atoms with Crippen LogP contribution >= 0.6 is 23.4 Å². The average Bonchev–Trinajstić information content (AvgIpc) is 2.34. The largest absolute Gasteiger partial charge is 0.463 e. The molecule has 0 amide bonds. The zero-order chi connectivity index (χ0) is 14.5. The minimum Gasteiger partial charge on any atom is -0.463 e. The minimum atomic E-state index is 0.0954. The van der Waals surface area contributed by atoms with Crippen molar-refractivity contribution in [2.24, 2.45) is 0 Å².